The summed E-state index contributed by atoms with van der Waals surface area (Å²) in [6.07, 6.45) is 5.31. The number of H-pyrrole nitrogens is 1. The number of nitrogens with zero attached hydrogens (tertiary/aromatic N) is 5. The van der Waals surface area contributed by atoms with Crippen molar-refractivity contribution >= 4 is 22.9 Å². The van der Waals surface area contributed by atoms with Crippen LogP contribution >= 0.6 is 0 Å². The standard InChI is InChI=1S/C20H20F2N6O/c21-14-5-13(6-15(22)7-14)9-28-10-20(8-16(28)29)1-3-27(4-2-20)19-17-18(24-11-23-17)25-12-26-19/h5-7,11-12H,1-4,8-10H2,(H,23,24,25,26). The Morgan fingerprint density at radius 1 is 1.07 bits per heavy atom. The second kappa shape index (κ2) is 6.75. The van der Waals surface area contributed by atoms with Gasteiger partial charge in [0.05, 0.1) is 6.33 Å². The summed E-state index contributed by atoms with van der Waals surface area (Å²) in [7, 11) is 0. The van der Waals surface area contributed by atoms with Crippen LogP contribution in [0.4, 0.5) is 14.6 Å². The van der Waals surface area contributed by atoms with E-state index >= 15 is 0 Å². The number of aromatic amines is 1. The van der Waals surface area contributed by atoms with Gasteiger partial charge in [0.15, 0.2) is 11.5 Å². The molecule has 1 spiro atoms. The summed E-state index contributed by atoms with van der Waals surface area (Å²) in [6, 6.07) is 3.42. The molecule has 4 heterocycles. The fraction of sp³-hybridized carbons (Fsp3) is 0.400. The Kier molecular flexibility index (Phi) is 4.18. The molecule has 0 atom stereocenters. The lowest BCUT2D eigenvalue weighted by atomic mass is 9.77. The Labute approximate surface area is 165 Å². The van der Waals surface area contributed by atoms with Crippen molar-refractivity contribution < 1.29 is 13.6 Å². The maximum Gasteiger partial charge on any atom is 0.223 e. The van der Waals surface area contributed by atoms with Gasteiger partial charge < -0.3 is 14.8 Å². The van der Waals surface area contributed by atoms with Crippen LogP contribution < -0.4 is 4.90 Å². The minimum atomic E-state index is -0.621. The first kappa shape index (κ1) is 18.0. The Morgan fingerprint density at radius 3 is 2.59 bits per heavy atom. The van der Waals surface area contributed by atoms with Gasteiger partial charge in [-0.15, -0.1) is 0 Å². The van der Waals surface area contributed by atoms with Gasteiger partial charge in [0.1, 0.15) is 23.5 Å². The van der Waals surface area contributed by atoms with Crippen molar-refractivity contribution in [3.63, 3.8) is 0 Å². The molecular formula is C20H20F2N6O. The predicted octanol–water partition coefficient (Wildman–Crippen LogP) is 2.65. The number of piperidine rings is 1. The smallest absolute Gasteiger partial charge is 0.223 e. The van der Waals surface area contributed by atoms with E-state index < -0.39 is 11.6 Å². The van der Waals surface area contributed by atoms with E-state index in [1.54, 1.807) is 11.2 Å². The van der Waals surface area contributed by atoms with Crippen molar-refractivity contribution in [1.29, 1.82) is 0 Å². The fourth-order valence-corrected chi connectivity index (χ4v) is 4.57. The quantitative estimate of drug-likeness (QED) is 0.734. The van der Waals surface area contributed by atoms with Gasteiger partial charge in [0.25, 0.3) is 0 Å². The first-order chi connectivity index (χ1) is 14.0. The zero-order chi connectivity index (χ0) is 20.0. The van der Waals surface area contributed by atoms with Gasteiger partial charge in [-0.25, -0.2) is 23.7 Å². The molecule has 29 heavy (non-hydrogen) atoms. The van der Waals surface area contributed by atoms with E-state index in [4.69, 9.17) is 0 Å². The zero-order valence-electron chi connectivity index (χ0n) is 15.7. The molecule has 9 heteroatoms. The maximum atomic E-state index is 13.5. The van der Waals surface area contributed by atoms with Crippen LogP contribution in [-0.2, 0) is 11.3 Å². The molecule has 150 valence electrons. The van der Waals surface area contributed by atoms with Crippen LogP contribution in [0.15, 0.2) is 30.9 Å². The number of likely N-dealkylation sites (tertiary alicyclic amines) is 1. The molecule has 2 aliphatic rings. The van der Waals surface area contributed by atoms with Gasteiger partial charge in [0.2, 0.25) is 5.91 Å². The lowest BCUT2D eigenvalue weighted by Gasteiger charge is -2.39. The normalized spacial score (nSPS) is 18.9. The average Bonchev–Trinajstić information content (AvgIpc) is 3.26. The number of amides is 1. The molecule has 1 N–H and O–H groups in total. The van der Waals surface area contributed by atoms with Gasteiger partial charge in [-0.3, -0.25) is 4.79 Å². The van der Waals surface area contributed by atoms with Crippen molar-refractivity contribution in [2.24, 2.45) is 5.41 Å². The minimum absolute atomic E-state index is 0.0427. The third kappa shape index (κ3) is 3.30. The Morgan fingerprint density at radius 2 is 1.83 bits per heavy atom. The fourth-order valence-electron chi connectivity index (χ4n) is 4.57. The van der Waals surface area contributed by atoms with Crippen LogP contribution in [-0.4, -0.2) is 50.4 Å². The first-order valence-electron chi connectivity index (χ1n) is 9.63. The number of hydrogen-bond donors (Lipinski definition) is 1. The number of rotatable bonds is 3. The molecule has 2 aromatic heterocycles. The number of fused-ring (bicyclic) bond motifs is 1. The summed E-state index contributed by atoms with van der Waals surface area (Å²) >= 11 is 0. The number of benzene rings is 1. The summed E-state index contributed by atoms with van der Waals surface area (Å²) in [5.41, 5.74) is 1.84. The highest BCUT2D eigenvalue weighted by molar-refractivity contribution is 5.83. The van der Waals surface area contributed by atoms with Crippen LogP contribution in [0.1, 0.15) is 24.8 Å². The van der Waals surface area contributed by atoms with Gasteiger partial charge in [-0.1, -0.05) is 0 Å². The lowest BCUT2D eigenvalue weighted by Crippen LogP contribution is -2.42. The molecule has 0 aliphatic carbocycles. The zero-order valence-corrected chi connectivity index (χ0v) is 15.7. The van der Waals surface area contributed by atoms with Crippen molar-refractivity contribution in [3.05, 3.63) is 48.1 Å². The van der Waals surface area contributed by atoms with Crippen molar-refractivity contribution in [1.82, 2.24) is 24.8 Å². The predicted molar refractivity (Wildman–Crippen MR) is 102 cm³/mol. The highest BCUT2D eigenvalue weighted by Crippen LogP contribution is 2.42. The van der Waals surface area contributed by atoms with Crippen LogP contribution in [0, 0.1) is 17.0 Å². The number of anilines is 1. The molecule has 1 aromatic carbocycles. The second-order valence-electron chi connectivity index (χ2n) is 7.99. The van der Waals surface area contributed by atoms with Crippen LogP contribution in [0.25, 0.3) is 11.2 Å². The van der Waals surface area contributed by atoms with E-state index in [1.807, 2.05) is 0 Å². The molecule has 2 saturated heterocycles. The minimum Gasteiger partial charge on any atom is -0.355 e. The summed E-state index contributed by atoms with van der Waals surface area (Å²) < 4.78 is 26.9. The number of aromatic nitrogens is 4. The Hall–Kier alpha value is -3.10. The molecule has 0 saturated carbocycles. The number of imidazole rings is 1. The molecule has 0 bridgehead atoms. The molecule has 0 unspecified atom stereocenters. The monoisotopic (exact) mass is 398 g/mol. The largest absolute Gasteiger partial charge is 0.355 e. The highest BCUT2D eigenvalue weighted by atomic mass is 19.1. The SMILES string of the molecule is O=C1CC2(CCN(c3ncnc4nc[nH]c34)CC2)CN1Cc1cc(F)cc(F)c1. The lowest BCUT2D eigenvalue weighted by molar-refractivity contribution is -0.128. The van der Waals surface area contributed by atoms with Gasteiger partial charge in [-0.05, 0) is 30.5 Å². The number of nitrogens with one attached hydrogen (secondary N) is 1. The number of carbonyl (C=O) groups excluding carboxylic acids is 1. The summed E-state index contributed by atoms with van der Waals surface area (Å²) in [6.45, 7) is 2.41. The van der Waals surface area contributed by atoms with E-state index in [1.165, 1.54) is 18.5 Å². The molecule has 2 fully saturated rings. The number of hydrogen-bond acceptors (Lipinski definition) is 5. The molecule has 5 rings (SSSR count). The Balaban J connectivity index is 1.28. The molecule has 2 aliphatic heterocycles. The van der Waals surface area contributed by atoms with Crippen molar-refractivity contribution in [2.75, 3.05) is 24.5 Å². The number of carbonyl (C=O) groups is 1. The number of halogens is 2. The molecular weight excluding hydrogens is 378 g/mol. The van der Waals surface area contributed by atoms with Crippen LogP contribution in [0.3, 0.4) is 0 Å². The topological polar surface area (TPSA) is 78.0 Å². The second-order valence-corrected chi connectivity index (χ2v) is 7.99. The molecule has 1 amide bonds. The van der Waals surface area contributed by atoms with E-state index in [2.05, 4.69) is 24.8 Å². The van der Waals surface area contributed by atoms with Gasteiger partial charge in [0, 0.05) is 44.1 Å². The summed E-state index contributed by atoms with van der Waals surface area (Å²) in [5.74, 6) is -0.367. The molecule has 7 nitrogen and oxygen atoms in total. The van der Waals surface area contributed by atoms with Gasteiger partial charge in [-0.2, -0.15) is 0 Å². The van der Waals surface area contributed by atoms with E-state index in [-0.39, 0.29) is 17.9 Å². The van der Waals surface area contributed by atoms with E-state index in [0.29, 0.717) is 24.2 Å². The van der Waals surface area contributed by atoms with Crippen LogP contribution in [0.2, 0.25) is 0 Å². The summed E-state index contributed by atoms with van der Waals surface area (Å²) in [5, 5.41) is 0. The van der Waals surface area contributed by atoms with E-state index in [0.717, 1.165) is 43.3 Å². The van der Waals surface area contributed by atoms with Gasteiger partial charge >= 0.3 is 0 Å². The highest BCUT2D eigenvalue weighted by Gasteiger charge is 2.45. The Bertz CT molecular complexity index is 1060. The molecule has 3 aromatic rings. The third-order valence-electron chi connectivity index (χ3n) is 6.03. The van der Waals surface area contributed by atoms with Crippen molar-refractivity contribution in [2.45, 2.75) is 25.8 Å². The maximum absolute atomic E-state index is 13.5. The molecule has 0 radical (unpaired) electrons. The third-order valence-corrected chi connectivity index (χ3v) is 6.03. The average molecular weight is 398 g/mol. The summed E-state index contributed by atoms with van der Waals surface area (Å²) in [4.78, 5) is 32.4. The van der Waals surface area contributed by atoms with Crippen molar-refractivity contribution in [3.8, 4) is 0 Å². The first-order valence-corrected chi connectivity index (χ1v) is 9.63. The van der Waals surface area contributed by atoms with E-state index in [9.17, 15) is 13.6 Å². The van der Waals surface area contributed by atoms with Crippen LogP contribution in [0.5, 0.6) is 0 Å².